The molecule has 1 aliphatic heterocycles. The SMILES string of the molecule is CCCn1nc(C(=O)O)c2c1CCC(N1CCc3cc(OC)ccc3C1)C2. The highest BCUT2D eigenvalue weighted by atomic mass is 16.5. The van der Waals surface area contributed by atoms with E-state index in [2.05, 4.69) is 29.1 Å². The Hall–Kier alpha value is -2.34. The fourth-order valence-corrected chi connectivity index (χ4v) is 4.54. The number of aryl methyl sites for hydroxylation is 1. The number of fused-ring (bicyclic) bond motifs is 2. The van der Waals surface area contributed by atoms with E-state index in [0.717, 1.165) is 68.7 Å². The number of carbonyl (C=O) groups is 1. The molecule has 4 rings (SSSR count). The molecular weight excluding hydrogens is 342 g/mol. The zero-order valence-electron chi connectivity index (χ0n) is 16.1. The fraction of sp³-hybridized carbons (Fsp3) is 0.524. The number of aromatic carboxylic acids is 1. The third-order valence-corrected chi connectivity index (χ3v) is 5.93. The Kier molecular flexibility index (Phi) is 4.91. The minimum atomic E-state index is -0.905. The van der Waals surface area contributed by atoms with Crippen LogP contribution in [0.5, 0.6) is 5.75 Å². The maximum atomic E-state index is 11.7. The highest BCUT2D eigenvalue weighted by Crippen LogP contribution is 2.31. The van der Waals surface area contributed by atoms with Crippen LogP contribution in [0.3, 0.4) is 0 Å². The lowest BCUT2D eigenvalue weighted by Crippen LogP contribution is -2.42. The predicted molar refractivity (Wildman–Crippen MR) is 102 cm³/mol. The number of rotatable bonds is 5. The smallest absolute Gasteiger partial charge is 0.356 e. The highest BCUT2D eigenvalue weighted by Gasteiger charge is 2.32. The van der Waals surface area contributed by atoms with Gasteiger partial charge in [-0.3, -0.25) is 9.58 Å². The van der Waals surface area contributed by atoms with Crippen LogP contribution in [-0.2, 0) is 32.4 Å². The van der Waals surface area contributed by atoms with E-state index in [0.29, 0.717) is 6.04 Å². The summed E-state index contributed by atoms with van der Waals surface area (Å²) < 4.78 is 7.27. The highest BCUT2D eigenvalue weighted by molar-refractivity contribution is 5.87. The van der Waals surface area contributed by atoms with Crippen molar-refractivity contribution >= 4 is 5.97 Å². The van der Waals surface area contributed by atoms with Crippen LogP contribution in [0.1, 0.15) is 52.6 Å². The Bertz CT molecular complexity index is 859. The van der Waals surface area contributed by atoms with Gasteiger partial charge in [-0.25, -0.2) is 4.79 Å². The van der Waals surface area contributed by atoms with Gasteiger partial charge in [-0.05, 0) is 55.4 Å². The van der Waals surface area contributed by atoms with Crippen molar-refractivity contribution in [3.8, 4) is 5.75 Å². The van der Waals surface area contributed by atoms with Crippen molar-refractivity contribution in [1.82, 2.24) is 14.7 Å². The van der Waals surface area contributed by atoms with Gasteiger partial charge in [-0.15, -0.1) is 0 Å². The fourth-order valence-electron chi connectivity index (χ4n) is 4.54. The topological polar surface area (TPSA) is 67.6 Å². The van der Waals surface area contributed by atoms with Crippen molar-refractivity contribution in [2.75, 3.05) is 13.7 Å². The lowest BCUT2D eigenvalue weighted by molar-refractivity contribution is 0.0687. The summed E-state index contributed by atoms with van der Waals surface area (Å²) in [6.45, 7) is 4.82. The van der Waals surface area contributed by atoms with E-state index in [9.17, 15) is 9.90 Å². The van der Waals surface area contributed by atoms with Crippen LogP contribution < -0.4 is 4.74 Å². The van der Waals surface area contributed by atoms with Gasteiger partial charge >= 0.3 is 5.97 Å². The third kappa shape index (κ3) is 3.34. The van der Waals surface area contributed by atoms with E-state index < -0.39 is 5.97 Å². The number of aromatic nitrogens is 2. The molecular formula is C21H27N3O3. The van der Waals surface area contributed by atoms with Crippen LogP contribution in [0.15, 0.2) is 18.2 Å². The number of ether oxygens (including phenoxy) is 1. The van der Waals surface area contributed by atoms with E-state index in [1.54, 1.807) is 7.11 Å². The number of carboxylic acid groups (broad SMARTS) is 1. The molecule has 1 aromatic carbocycles. The van der Waals surface area contributed by atoms with Gasteiger partial charge in [0.15, 0.2) is 5.69 Å². The molecule has 1 atom stereocenters. The van der Waals surface area contributed by atoms with E-state index in [1.165, 1.54) is 11.1 Å². The van der Waals surface area contributed by atoms with Crippen molar-refractivity contribution < 1.29 is 14.6 Å². The molecule has 1 aromatic heterocycles. The van der Waals surface area contributed by atoms with Crippen molar-refractivity contribution in [3.63, 3.8) is 0 Å². The van der Waals surface area contributed by atoms with Crippen LogP contribution in [-0.4, -0.2) is 45.5 Å². The van der Waals surface area contributed by atoms with Crippen molar-refractivity contribution in [1.29, 1.82) is 0 Å². The molecule has 0 fully saturated rings. The van der Waals surface area contributed by atoms with Gasteiger partial charge in [0.05, 0.1) is 7.11 Å². The summed E-state index contributed by atoms with van der Waals surface area (Å²) in [5.41, 5.74) is 5.06. The molecule has 6 nitrogen and oxygen atoms in total. The first-order chi connectivity index (χ1) is 13.1. The molecule has 1 N–H and O–H groups in total. The summed E-state index contributed by atoms with van der Waals surface area (Å²) in [6.07, 6.45) is 4.73. The summed E-state index contributed by atoms with van der Waals surface area (Å²) in [6, 6.07) is 6.71. The zero-order valence-corrected chi connectivity index (χ0v) is 16.1. The van der Waals surface area contributed by atoms with E-state index >= 15 is 0 Å². The van der Waals surface area contributed by atoms with Crippen LogP contribution in [0.25, 0.3) is 0 Å². The number of carboxylic acids is 1. The summed E-state index contributed by atoms with van der Waals surface area (Å²) in [7, 11) is 1.70. The molecule has 0 radical (unpaired) electrons. The van der Waals surface area contributed by atoms with Crippen molar-refractivity contribution in [2.45, 2.75) is 58.2 Å². The molecule has 27 heavy (non-hydrogen) atoms. The Morgan fingerprint density at radius 3 is 2.93 bits per heavy atom. The molecule has 1 aliphatic carbocycles. The molecule has 0 saturated carbocycles. The van der Waals surface area contributed by atoms with Gasteiger partial charge < -0.3 is 9.84 Å². The zero-order chi connectivity index (χ0) is 19.0. The minimum Gasteiger partial charge on any atom is -0.497 e. The molecule has 2 aliphatic rings. The number of nitrogens with zero attached hydrogens (tertiary/aromatic N) is 3. The molecule has 1 unspecified atom stereocenters. The number of hydrogen-bond donors (Lipinski definition) is 1. The molecule has 0 bridgehead atoms. The summed E-state index contributed by atoms with van der Waals surface area (Å²) in [4.78, 5) is 14.2. The largest absolute Gasteiger partial charge is 0.497 e. The summed E-state index contributed by atoms with van der Waals surface area (Å²) in [5, 5.41) is 14.0. The van der Waals surface area contributed by atoms with Gasteiger partial charge in [0.2, 0.25) is 0 Å². The second-order valence-corrected chi connectivity index (χ2v) is 7.55. The molecule has 2 aromatic rings. The molecule has 2 heterocycles. The monoisotopic (exact) mass is 369 g/mol. The first-order valence-corrected chi connectivity index (χ1v) is 9.82. The predicted octanol–water partition coefficient (Wildman–Crippen LogP) is 2.92. The second kappa shape index (κ2) is 7.35. The van der Waals surface area contributed by atoms with Gasteiger partial charge in [-0.2, -0.15) is 5.10 Å². The lowest BCUT2D eigenvalue weighted by atomic mass is 9.88. The quantitative estimate of drug-likeness (QED) is 0.878. The van der Waals surface area contributed by atoms with Crippen molar-refractivity contribution in [3.05, 3.63) is 46.3 Å². The first kappa shape index (κ1) is 18.0. The molecule has 6 heteroatoms. The normalized spacial score (nSPS) is 19.4. The molecule has 0 spiro atoms. The minimum absolute atomic E-state index is 0.255. The molecule has 144 valence electrons. The van der Waals surface area contributed by atoms with Gasteiger partial charge in [0.25, 0.3) is 0 Å². The average Bonchev–Trinajstić information content (AvgIpc) is 3.05. The van der Waals surface area contributed by atoms with Crippen LogP contribution in [0.4, 0.5) is 0 Å². The lowest BCUT2D eigenvalue weighted by Gasteiger charge is -2.37. The number of benzene rings is 1. The maximum absolute atomic E-state index is 11.7. The summed E-state index contributed by atoms with van der Waals surface area (Å²) in [5.74, 6) is 0.0109. The average molecular weight is 369 g/mol. The van der Waals surface area contributed by atoms with E-state index in [4.69, 9.17) is 4.74 Å². The van der Waals surface area contributed by atoms with Crippen LogP contribution >= 0.6 is 0 Å². The van der Waals surface area contributed by atoms with Crippen LogP contribution in [0.2, 0.25) is 0 Å². The van der Waals surface area contributed by atoms with Crippen LogP contribution in [0, 0.1) is 0 Å². The Morgan fingerprint density at radius 1 is 1.33 bits per heavy atom. The Balaban J connectivity index is 1.55. The maximum Gasteiger partial charge on any atom is 0.356 e. The molecule has 0 saturated heterocycles. The van der Waals surface area contributed by atoms with Gasteiger partial charge in [-0.1, -0.05) is 13.0 Å². The van der Waals surface area contributed by atoms with Gasteiger partial charge in [0, 0.05) is 36.9 Å². The van der Waals surface area contributed by atoms with Gasteiger partial charge in [0.1, 0.15) is 5.75 Å². The summed E-state index contributed by atoms with van der Waals surface area (Å²) >= 11 is 0. The second-order valence-electron chi connectivity index (χ2n) is 7.55. The number of methoxy groups -OCH3 is 1. The van der Waals surface area contributed by atoms with E-state index in [-0.39, 0.29) is 5.69 Å². The number of hydrogen-bond acceptors (Lipinski definition) is 4. The first-order valence-electron chi connectivity index (χ1n) is 9.82. The van der Waals surface area contributed by atoms with E-state index in [1.807, 2.05) is 10.7 Å². The standard InChI is InChI=1S/C21H27N3O3/c1-3-9-24-19-7-5-16(12-18(19)20(22-24)21(25)26)23-10-8-14-11-17(27-2)6-4-15(14)13-23/h4,6,11,16H,3,5,7-10,12-13H2,1-2H3,(H,25,26). The van der Waals surface area contributed by atoms with Crippen molar-refractivity contribution in [2.24, 2.45) is 0 Å². The molecule has 0 amide bonds. The third-order valence-electron chi connectivity index (χ3n) is 5.93. The Labute approximate surface area is 159 Å². The Morgan fingerprint density at radius 2 is 2.19 bits per heavy atom.